The molecule has 0 bridgehead atoms. The number of aromatic nitrogens is 1. The summed E-state index contributed by atoms with van der Waals surface area (Å²) in [5, 5.41) is 14.1. The molecule has 1 aromatic heterocycles. The average molecular weight is 424 g/mol. The summed E-state index contributed by atoms with van der Waals surface area (Å²) in [6.45, 7) is 0.409. The van der Waals surface area contributed by atoms with Crippen molar-refractivity contribution >= 4 is 17.5 Å². The summed E-state index contributed by atoms with van der Waals surface area (Å²) in [7, 11) is 0. The smallest absolute Gasteiger partial charge is 0.270 e. The minimum atomic E-state index is -0.849. The lowest BCUT2D eigenvalue weighted by Crippen LogP contribution is -2.56. The van der Waals surface area contributed by atoms with E-state index >= 15 is 0 Å². The first kappa shape index (κ1) is 20.9. The highest BCUT2D eigenvalue weighted by molar-refractivity contribution is 5.99. The van der Waals surface area contributed by atoms with E-state index in [1.54, 1.807) is 24.5 Å². The Morgan fingerprint density at radius 1 is 1.19 bits per heavy atom. The highest BCUT2D eigenvalue weighted by atomic mass is 16.6. The third-order valence-corrected chi connectivity index (χ3v) is 5.94. The van der Waals surface area contributed by atoms with E-state index in [0.717, 1.165) is 24.8 Å². The maximum absolute atomic E-state index is 13.5. The molecule has 1 saturated heterocycles. The van der Waals surface area contributed by atoms with Crippen LogP contribution in [0.3, 0.4) is 0 Å². The monoisotopic (exact) mass is 424 g/mol. The van der Waals surface area contributed by atoms with E-state index < -0.39 is 22.6 Å². The molecule has 1 aliphatic carbocycles. The summed E-state index contributed by atoms with van der Waals surface area (Å²) in [5.41, 5.74) is 0.0590. The number of benzene rings is 1. The number of pyridine rings is 1. The van der Waals surface area contributed by atoms with Gasteiger partial charge in [0.2, 0.25) is 5.91 Å². The molecule has 2 amide bonds. The van der Waals surface area contributed by atoms with Gasteiger partial charge in [-0.1, -0.05) is 12.5 Å². The van der Waals surface area contributed by atoms with Crippen LogP contribution in [-0.2, 0) is 16.1 Å². The molecule has 9 heteroatoms. The van der Waals surface area contributed by atoms with Crippen molar-refractivity contribution in [2.75, 3.05) is 6.61 Å². The summed E-state index contributed by atoms with van der Waals surface area (Å²) in [4.78, 5) is 42.7. The topological polar surface area (TPSA) is 115 Å². The lowest BCUT2D eigenvalue weighted by Gasteiger charge is -2.41. The number of hydrogen-bond donors (Lipinski definition) is 1. The van der Waals surface area contributed by atoms with Crippen LogP contribution in [0.25, 0.3) is 0 Å². The Hall–Kier alpha value is -3.33. The third kappa shape index (κ3) is 4.27. The molecule has 2 aromatic rings. The number of carbonyl (C=O) groups excluding carboxylic acids is 2. The first-order valence-electron chi connectivity index (χ1n) is 10.4. The number of nitro benzene ring substituents is 1. The zero-order valence-corrected chi connectivity index (χ0v) is 17.0. The molecule has 1 N–H and O–H groups in total. The number of hydrogen-bond acceptors (Lipinski definition) is 6. The van der Waals surface area contributed by atoms with Gasteiger partial charge in [-0.25, -0.2) is 0 Å². The number of non-ortho nitro benzene ring substituents is 1. The molecule has 1 unspecified atom stereocenters. The van der Waals surface area contributed by atoms with Crippen LogP contribution >= 0.6 is 0 Å². The molecule has 1 saturated carbocycles. The molecule has 1 spiro atoms. The zero-order valence-electron chi connectivity index (χ0n) is 17.0. The van der Waals surface area contributed by atoms with E-state index in [-0.39, 0.29) is 23.8 Å². The van der Waals surface area contributed by atoms with Gasteiger partial charge >= 0.3 is 0 Å². The van der Waals surface area contributed by atoms with Gasteiger partial charge in [0.05, 0.1) is 11.5 Å². The van der Waals surface area contributed by atoms with Gasteiger partial charge in [-0.3, -0.25) is 29.6 Å². The van der Waals surface area contributed by atoms with Crippen molar-refractivity contribution in [1.82, 2.24) is 15.2 Å². The van der Waals surface area contributed by atoms with Gasteiger partial charge in [-0.05, 0) is 49.4 Å². The van der Waals surface area contributed by atoms with Gasteiger partial charge in [0.25, 0.3) is 11.6 Å². The molecule has 4 rings (SSSR count). The Labute approximate surface area is 179 Å². The minimum Gasteiger partial charge on any atom is -0.353 e. The Bertz CT molecular complexity index is 975. The van der Waals surface area contributed by atoms with Gasteiger partial charge in [0.1, 0.15) is 11.8 Å². The van der Waals surface area contributed by atoms with Crippen LogP contribution in [0.1, 0.15) is 48.0 Å². The highest BCUT2D eigenvalue weighted by Gasteiger charge is 2.53. The van der Waals surface area contributed by atoms with E-state index in [1.807, 2.05) is 0 Å². The number of nitrogens with zero attached hydrogens (tertiary/aromatic N) is 3. The quantitative estimate of drug-likeness (QED) is 0.583. The fraction of sp³-hybridized carbons (Fsp3) is 0.409. The first-order chi connectivity index (χ1) is 15.0. The van der Waals surface area contributed by atoms with Crippen LogP contribution in [0.15, 0.2) is 48.8 Å². The maximum atomic E-state index is 13.5. The SMILES string of the molecule is O=C(NCc1ccncc1)C1COC2(CCCCC2)N1C(=O)c1cccc([N+](=O)[O-])c1. The number of rotatable bonds is 5. The van der Waals surface area contributed by atoms with Crippen molar-refractivity contribution in [2.24, 2.45) is 0 Å². The van der Waals surface area contributed by atoms with Crippen LogP contribution in [0.2, 0.25) is 0 Å². The summed E-state index contributed by atoms with van der Waals surface area (Å²) in [6.07, 6.45) is 7.41. The predicted octanol–water partition coefficient (Wildman–Crippen LogP) is 2.81. The molecule has 1 aromatic carbocycles. The Balaban J connectivity index is 1.60. The number of nitrogens with one attached hydrogen (secondary N) is 1. The van der Waals surface area contributed by atoms with E-state index in [9.17, 15) is 19.7 Å². The van der Waals surface area contributed by atoms with Gasteiger partial charge in [-0.15, -0.1) is 0 Å². The fourth-order valence-corrected chi connectivity index (χ4v) is 4.37. The summed E-state index contributed by atoms with van der Waals surface area (Å²) in [6, 6.07) is 8.42. The number of ether oxygens (including phenoxy) is 1. The third-order valence-electron chi connectivity index (χ3n) is 5.94. The maximum Gasteiger partial charge on any atom is 0.270 e. The van der Waals surface area contributed by atoms with Crippen molar-refractivity contribution in [3.05, 3.63) is 70.0 Å². The largest absolute Gasteiger partial charge is 0.353 e. The van der Waals surface area contributed by atoms with Crippen LogP contribution in [-0.4, -0.2) is 45.0 Å². The summed E-state index contributed by atoms with van der Waals surface area (Å²) in [5.74, 6) is -0.731. The molecule has 162 valence electrons. The van der Waals surface area contributed by atoms with Crippen molar-refractivity contribution in [2.45, 2.75) is 50.4 Å². The lowest BCUT2D eigenvalue weighted by molar-refractivity contribution is -0.384. The lowest BCUT2D eigenvalue weighted by atomic mass is 9.89. The minimum absolute atomic E-state index is 0.100. The predicted molar refractivity (Wildman–Crippen MR) is 111 cm³/mol. The zero-order chi connectivity index (χ0) is 21.8. The van der Waals surface area contributed by atoms with Gasteiger partial charge in [0, 0.05) is 36.6 Å². The van der Waals surface area contributed by atoms with E-state index in [1.165, 1.54) is 29.2 Å². The molecule has 2 fully saturated rings. The molecule has 0 radical (unpaired) electrons. The second-order valence-electron chi connectivity index (χ2n) is 7.89. The molecule has 31 heavy (non-hydrogen) atoms. The van der Waals surface area contributed by atoms with Gasteiger partial charge in [0.15, 0.2) is 0 Å². The molecular formula is C22H24N4O5. The molecule has 1 aliphatic heterocycles. The molecule has 2 aliphatic rings. The normalized spacial score (nSPS) is 19.9. The number of nitro groups is 1. The molecule has 9 nitrogen and oxygen atoms in total. The van der Waals surface area contributed by atoms with E-state index in [0.29, 0.717) is 19.4 Å². The Morgan fingerprint density at radius 3 is 2.65 bits per heavy atom. The van der Waals surface area contributed by atoms with E-state index in [2.05, 4.69) is 10.3 Å². The number of carbonyl (C=O) groups is 2. The van der Waals surface area contributed by atoms with Crippen molar-refractivity contribution in [3.8, 4) is 0 Å². The second kappa shape index (κ2) is 8.81. The van der Waals surface area contributed by atoms with Crippen LogP contribution in [0.5, 0.6) is 0 Å². The first-order valence-corrected chi connectivity index (χ1v) is 10.4. The summed E-state index contributed by atoms with van der Waals surface area (Å²) >= 11 is 0. The fourth-order valence-electron chi connectivity index (χ4n) is 4.37. The van der Waals surface area contributed by atoms with Gasteiger partial charge in [-0.2, -0.15) is 0 Å². The van der Waals surface area contributed by atoms with Crippen LogP contribution in [0, 0.1) is 10.1 Å². The van der Waals surface area contributed by atoms with Crippen molar-refractivity contribution < 1.29 is 19.2 Å². The molecular weight excluding hydrogens is 400 g/mol. The Morgan fingerprint density at radius 2 is 1.94 bits per heavy atom. The second-order valence-corrected chi connectivity index (χ2v) is 7.89. The molecule has 2 heterocycles. The standard InChI is InChI=1S/C22H24N4O5/c27-20(24-14-16-7-11-23-12-8-16)19-15-31-22(9-2-1-3-10-22)25(19)21(28)17-5-4-6-18(13-17)26(29)30/h4-8,11-13,19H,1-3,9-10,14-15H2,(H,24,27). The van der Waals surface area contributed by atoms with Crippen molar-refractivity contribution in [1.29, 1.82) is 0 Å². The van der Waals surface area contributed by atoms with Crippen molar-refractivity contribution in [3.63, 3.8) is 0 Å². The van der Waals surface area contributed by atoms with Crippen LogP contribution in [0.4, 0.5) is 5.69 Å². The average Bonchev–Trinajstić information content (AvgIpc) is 3.16. The number of amides is 2. The Kier molecular flexibility index (Phi) is 5.94. The summed E-state index contributed by atoms with van der Waals surface area (Å²) < 4.78 is 6.10. The van der Waals surface area contributed by atoms with Crippen LogP contribution < -0.4 is 5.32 Å². The van der Waals surface area contributed by atoms with Gasteiger partial charge < -0.3 is 10.1 Å². The highest BCUT2D eigenvalue weighted by Crippen LogP contribution is 2.41. The van der Waals surface area contributed by atoms with E-state index in [4.69, 9.17) is 4.74 Å². The molecule has 1 atom stereocenters.